The third-order valence-electron chi connectivity index (χ3n) is 3.49. The number of para-hydroxylation sites is 1. The van der Waals surface area contributed by atoms with E-state index in [1.165, 1.54) is 0 Å². The van der Waals surface area contributed by atoms with Crippen LogP contribution in [0.5, 0.6) is 5.75 Å². The molecule has 5 heteroatoms. The second kappa shape index (κ2) is 7.45. The number of hydrogen-bond acceptors (Lipinski definition) is 3. The van der Waals surface area contributed by atoms with Gasteiger partial charge in [-0.15, -0.1) is 0 Å². The van der Waals surface area contributed by atoms with E-state index in [-0.39, 0.29) is 18.2 Å². The van der Waals surface area contributed by atoms with Gasteiger partial charge < -0.3 is 4.74 Å². The fourth-order valence-corrected chi connectivity index (χ4v) is 2.33. The van der Waals surface area contributed by atoms with Gasteiger partial charge in [0, 0.05) is 11.1 Å². The smallest absolute Gasteiger partial charge is 0.269 e. The first-order valence-electron chi connectivity index (χ1n) is 7.29. The molecule has 23 heavy (non-hydrogen) atoms. The Morgan fingerprint density at radius 3 is 2.48 bits per heavy atom. The van der Waals surface area contributed by atoms with Crippen molar-refractivity contribution in [3.05, 3.63) is 64.7 Å². The van der Waals surface area contributed by atoms with Gasteiger partial charge in [-0.2, -0.15) is 0 Å². The number of aryl methyl sites for hydroxylation is 2. The molecule has 0 saturated heterocycles. The van der Waals surface area contributed by atoms with Crippen molar-refractivity contribution in [2.45, 2.75) is 20.3 Å². The highest BCUT2D eigenvalue weighted by Gasteiger charge is 2.12. The topological polar surface area (TPSA) is 67.4 Å². The summed E-state index contributed by atoms with van der Waals surface area (Å²) in [5.74, 6) is -0.00755. The molecule has 2 aromatic rings. The van der Waals surface area contributed by atoms with Crippen LogP contribution in [-0.2, 0) is 11.2 Å². The predicted octanol–water partition coefficient (Wildman–Crippen LogP) is 2.32. The maximum absolute atomic E-state index is 12.1. The van der Waals surface area contributed by atoms with Crippen molar-refractivity contribution >= 4 is 11.8 Å². The largest absolute Gasteiger partial charge is 0.496 e. The minimum absolute atomic E-state index is 0.122. The number of ether oxygens (including phenoxy) is 1. The molecule has 0 heterocycles. The molecular formula is C18H20N2O3. The third kappa shape index (κ3) is 4.32. The third-order valence-corrected chi connectivity index (χ3v) is 3.49. The number of carbonyl (C=O) groups excluding carboxylic acids is 2. The summed E-state index contributed by atoms with van der Waals surface area (Å²) in [6.07, 6.45) is 0.122. The molecule has 0 radical (unpaired) electrons. The molecule has 2 N–H and O–H groups in total. The Labute approximate surface area is 135 Å². The lowest BCUT2D eigenvalue weighted by molar-refractivity contribution is -0.121. The van der Waals surface area contributed by atoms with E-state index in [1.54, 1.807) is 19.2 Å². The quantitative estimate of drug-likeness (QED) is 0.851. The number of nitrogens with one attached hydrogen (secondary N) is 2. The number of rotatable bonds is 4. The van der Waals surface area contributed by atoms with Crippen molar-refractivity contribution in [3.63, 3.8) is 0 Å². The highest BCUT2D eigenvalue weighted by atomic mass is 16.5. The number of hydrogen-bond donors (Lipinski definition) is 2. The Bertz CT molecular complexity index is 726. The van der Waals surface area contributed by atoms with E-state index in [2.05, 4.69) is 10.9 Å². The Morgan fingerprint density at radius 2 is 1.78 bits per heavy atom. The highest BCUT2D eigenvalue weighted by Crippen LogP contribution is 2.17. The van der Waals surface area contributed by atoms with Gasteiger partial charge in [-0.25, -0.2) is 0 Å². The molecular weight excluding hydrogens is 292 g/mol. The molecule has 0 unspecified atom stereocenters. The van der Waals surface area contributed by atoms with E-state index in [1.807, 2.05) is 44.2 Å². The maximum Gasteiger partial charge on any atom is 0.269 e. The standard InChI is InChI=1S/C18H20N2O3/c1-12-8-9-15(13(2)10-12)18(22)20-19-17(21)11-14-6-4-5-7-16(14)23-3/h4-10H,11H2,1-3H3,(H,19,21)(H,20,22). The van der Waals surface area contributed by atoms with Crippen LogP contribution in [0.4, 0.5) is 0 Å². The van der Waals surface area contributed by atoms with Crippen molar-refractivity contribution < 1.29 is 14.3 Å². The van der Waals surface area contributed by atoms with Gasteiger partial charge in [0.25, 0.3) is 5.91 Å². The van der Waals surface area contributed by atoms with Gasteiger partial charge in [0.2, 0.25) is 5.91 Å². The summed E-state index contributed by atoms with van der Waals surface area (Å²) in [6, 6.07) is 12.8. The Morgan fingerprint density at radius 1 is 1.04 bits per heavy atom. The van der Waals surface area contributed by atoms with Crippen molar-refractivity contribution in [3.8, 4) is 5.75 Å². The van der Waals surface area contributed by atoms with E-state index in [9.17, 15) is 9.59 Å². The van der Waals surface area contributed by atoms with Gasteiger partial charge in [0.15, 0.2) is 0 Å². The van der Waals surface area contributed by atoms with Crippen molar-refractivity contribution in [1.29, 1.82) is 0 Å². The second-order valence-corrected chi connectivity index (χ2v) is 5.31. The molecule has 0 spiro atoms. The Kier molecular flexibility index (Phi) is 5.36. The molecule has 0 fully saturated rings. The van der Waals surface area contributed by atoms with E-state index < -0.39 is 0 Å². The summed E-state index contributed by atoms with van der Waals surface area (Å²) in [4.78, 5) is 24.1. The number of amides is 2. The average molecular weight is 312 g/mol. The second-order valence-electron chi connectivity index (χ2n) is 5.31. The highest BCUT2D eigenvalue weighted by molar-refractivity contribution is 5.96. The number of benzene rings is 2. The number of hydrazine groups is 1. The van der Waals surface area contributed by atoms with Gasteiger partial charge in [0.05, 0.1) is 13.5 Å². The molecule has 2 amide bonds. The van der Waals surface area contributed by atoms with Crippen molar-refractivity contribution in [1.82, 2.24) is 10.9 Å². The van der Waals surface area contributed by atoms with Crippen LogP contribution in [0.2, 0.25) is 0 Å². The molecule has 120 valence electrons. The average Bonchev–Trinajstić information content (AvgIpc) is 2.53. The zero-order valence-electron chi connectivity index (χ0n) is 13.5. The van der Waals surface area contributed by atoms with Crippen LogP contribution in [0.15, 0.2) is 42.5 Å². The van der Waals surface area contributed by atoms with Crippen LogP contribution < -0.4 is 15.6 Å². The number of carbonyl (C=O) groups is 2. The van der Waals surface area contributed by atoms with E-state index in [0.29, 0.717) is 11.3 Å². The molecule has 0 aliphatic heterocycles. The summed E-state index contributed by atoms with van der Waals surface area (Å²) in [5, 5.41) is 0. The van der Waals surface area contributed by atoms with E-state index in [4.69, 9.17) is 4.74 Å². The lowest BCUT2D eigenvalue weighted by Gasteiger charge is -2.11. The Balaban J connectivity index is 1.95. The SMILES string of the molecule is COc1ccccc1CC(=O)NNC(=O)c1ccc(C)cc1C. The van der Waals surface area contributed by atoms with Gasteiger partial charge in [-0.05, 0) is 31.5 Å². The first-order valence-corrected chi connectivity index (χ1v) is 7.29. The molecule has 2 aromatic carbocycles. The molecule has 0 atom stereocenters. The fourth-order valence-electron chi connectivity index (χ4n) is 2.33. The first-order chi connectivity index (χ1) is 11.0. The molecule has 0 aliphatic rings. The normalized spacial score (nSPS) is 10.0. The summed E-state index contributed by atoms with van der Waals surface area (Å²) in [5.41, 5.74) is 8.10. The molecule has 0 aromatic heterocycles. The van der Waals surface area contributed by atoms with Gasteiger partial charge in [-0.3, -0.25) is 20.4 Å². The number of methoxy groups -OCH3 is 1. The zero-order valence-corrected chi connectivity index (χ0v) is 13.5. The minimum Gasteiger partial charge on any atom is -0.496 e. The lowest BCUT2D eigenvalue weighted by Crippen LogP contribution is -2.42. The first kappa shape index (κ1) is 16.5. The van der Waals surface area contributed by atoms with Crippen LogP contribution in [0.1, 0.15) is 27.0 Å². The predicted molar refractivity (Wildman–Crippen MR) is 88.2 cm³/mol. The van der Waals surface area contributed by atoms with E-state index in [0.717, 1.165) is 16.7 Å². The van der Waals surface area contributed by atoms with Crippen LogP contribution >= 0.6 is 0 Å². The molecule has 5 nitrogen and oxygen atoms in total. The maximum atomic E-state index is 12.1. The van der Waals surface area contributed by atoms with Crippen molar-refractivity contribution in [2.24, 2.45) is 0 Å². The summed E-state index contributed by atoms with van der Waals surface area (Å²) in [7, 11) is 1.55. The van der Waals surface area contributed by atoms with Crippen LogP contribution in [0, 0.1) is 13.8 Å². The van der Waals surface area contributed by atoms with Gasteiger partial charge >= 0.3 is 0 Å². The van der Waals surface area contributed by atoms with Crippen LogP contribution in [-0.4, -0.2) is 18.9 Å². The van der Waals surface area contributed by atoms with Crippen molar-refractivity contribution in [2.75, 3.05) is 7.11 Å². The molecule has 0 saturated carbocycles. The van der Waals surface area contributed by atoms with E-state index >= 15 is 0 Å². The van der Waals surface area contributed by atoms with Gasteiger partial charge in [0.1, 0.15) is 5.75 Å². The Hall–Kier alpha value is -2.82. The summed E-state index contributed by atoms with van der Waals surface area (Å²) >= 11 is 0. The summed E-state index contributed by atoms with van der Waals surface area (Å²) < 4.78 is 5.20. The van der Waals surface area contributed by atoms with Crippen LogP contribution in [0.3, 0.4) is 0 Å². The monoisotopic (exact) mass is 312 g/mol. The van der Waals surface area contributed by atoms with Gasteiger partial charge in [-0.1, -0.05) is 35.9 Å². The molecule has 2 rings (SSSR count). The summed E-state index contributed by atoms with van der Waals surface area (Å²) in [6.45, 7) is 3.82. The zero-order chi connectivity index (χ0) is 16.8. The lowest BCUT2D eigenvalue weighted by atomic mass is 10.1. The molecule has 0 bridgehead atoms. The molecule has 0 aliphatic carbocycles. The van der Waals surface area contributed by atoms with Crippen LogP contribution in [0.25, 0.3) is 0 Å². The minimum atomic E-state index is -0.337. The fraction of sp³-hybridized carbons (Fsp3) is 0.222.